The van der Waals surface area contributed by atoms with E-state index in [2.05, 4.69) is 10.1 Å². The lowest BCUT2D eigenvalue weighted by atomic mass is 10.1. The monoisotopic (exact) mass is 271 g/mol. The second-order valence-corrected chi connectivity index (χ2v) is 6.25. The number of benzene rings is 1. The second kappa shape index (κ2) is 6.51. The van der Waals surface area contributed by atoms with E-state index in [4.69, 9.17) is 0 Å². The van der Waals surface area contributed by atoms with Crippen molar-refractivity contribution in [1.82, 2.24) is 5.32 Å². The van der Waals surface area contributed by atoms with Crippen LogP contribution in [-0.2, 0) is 21.1 Å². The van der Waals surface area contributed by atoms with Crippen molar-refractivity contribution in [2.75, 3.05) is 25.7 Å². The molecule has 1 rings (SSSR count). The SMILES string of the molecule is COC(=O)c1ccc(CNCCS(C)(=O)=O)cc1. The van der Waals surface area contributed by atoms with E-state index in [-0.39, 0.29) is 11.7 Å². The summed E-state index contributed by atoms with van der Waals surface area (Å²) in [6, 6.07) is 6.97. The average molecular weight is 271 g/mol. The first-order valence-corrected chi connectivity index (χ1v) is 7.54. The van der Waals surface area contributed by atoms with E-state index >= 15 is 0 Å². The Kier molecular flexibility index (Phi) is 5.30. The molecule has 18 heavy (non-hydrogen) atoms. The molecule has 6 heteroatoms. The van der Waals surface area contributed by atoms with Crippen LogP contribution in [0.15, 0.2) is 24.3 Å². The zero-order valence-electron chi connectivity index (χ0n) is 10.5. The van der Waals surface area contributed by atoms with Gasteiger partial charge in [-0.2, -0.15) is 0 Å². The summed E-state index contributed by atoms with van der Waals surface area (Å²) >= 11 is 0. The molecule has 0 aliphatic carbocycles. The molecule has 1 aromatic carbocycles. The summed E-state index contributed by atoms with van der Waals surface area (Å²) in [5.74, 6) is -0.251. The number of carbonyl (C=O) groups is 1. The normalized spacial score (nSPS) is 11.2. The Morgan fingerprint density at radius 1 is 1.28 bits per heavy atom. The van der Waals surface area contributed by atoms with Gasteiger partial charge in [0.15, 0.2) is 0 Å². The number of hydrogen-bond donors (Lipinski definition) is 1. The van der Waals surface area contributed by atoms with Crippen molar-refractivity contribution < 1.29 is 17.9 Å². The third-order valence-electron chi connectivity index (χ3n) is 2.35. The fourth-order valence-corrected chi connectivity index (χ4v) is 1.88. The van der Waals surface area contributed by atoms with Gasteiger partial charge in [-0.05, 0) is 17.7 Å². The summed E-state index contributed by atoms with van der Waals surface area (Å²) < 4.78 is 26.4. The van der Waals surface area contributed by atoms with Crippen molar-refractivity contribution in [1.29, 1.82) is 0 Å². The third-order valence-corrected chi connectivity index (χ3v) is 3.30. The van der Waals surface area contributed by atoms with Crippen LogP contribution in [0.1, 0.15) is 15.9 Å². The van der Waals surface area contributed by atoms with E-state index in [0.29, 0.717) is 18.7 Å². The fourth-order valence-electron chi connectivity index (χ4n) is 1.37. The molecule has 1 N–H and O–H groups in total. The molecular weight excluding hydrogens is 254 g/mol. The van der Waals surface area contributed by atoms with Crippen LogP contribution in [0, 0.1) is 0 Å². The molecule has 0 radical (unpaired) electrons. The van der Waals surface area contributed by atoms with Gasteiger partial charge in [0, 0.05) is 19.3 Å². The molecular formula is C12H17NO4S. The summed E-state index contributed by atoms with van der Waals surface area (Å²) in [5, 5.41) is 3.03. The van der Waals surface area contributed by atoms with Gasteiger partial charge < -0.3 is 10.1 Å². The number of nitrogens with one attached hydrogen (secondary N) is 1. The van der Waals surface area contributed by atoms with E-state index in [0.717, 1.165) is 5.56 Å². The van der Waals surface area contributed by atoms with Gasteiger partial charge in [-0.1, -0.05) is 12.1 Å². The smallest absolute Gasteiger partial charge is 0.337 e. The lowest BCUT2D eigenvalue weighted by Gasteiger charge is -2.05. The Hall–Kier alpha value is -1.40. The molecule has 1 aromatic rings. The van der Waals surface area contributed by atoms with E-state index in [9.17, 15) is 13.2 Å². The van der Waals surface area contributed by atoms with Gasteiger partial charge in [0.25, 0.3) is 0 Å². The number of hydrogen-bond acceptors (Lipinski definition) is 5. The molecule has 0 saturated heterocycles. The van der Waals surface area contributed by atoms with Gasteiger partial charge >= 0.3 is 5.97 Å². The van der Waals surface area contributed by atoms with Gasteiger partial charge in [-0.15, -0.1) is 0 Å². The first kappa shape index (κ1) is 14.7. The van der Waals surface area contributed by atoms with E-state index in [1.165, 1.54) is 13.4 Å². The summed E-state index contributed by atoms with van der Waals surface area (Å²) in [7, 11) is -1.59. The number of methoxy groups -OCH3 is 1. The number of esters is 1. The molecule has 0 bridgehead atoms. The first-order chi connectivity index (χ1) is 8.42. The molecule has 0 spiro atoms. The van der Waals surface area contributed by atoms with Crippen LogP contribution in [0.25, 0.3) is 0 Å². The molecule has 0 unspecified atom stereocenters. The number of ether oxygens (including phenoxy) is 1. The molecule has 0 atom stereocenters. The van der Waals surface area contributed by atoms with Crippen LogP contribution < -0.4 is 5.32 Å². The highest BCUT2D eigenvalue weighted by Gasteiger charge is 2.04. The van der Waals surface area contributed by atoms with Crippen LogP contribution in [0.5, 0.6) is 0 Å². The Labute approximate surface area is 107 Å². The first-order valence-electron chi connectivity index (χ1n) is 5.48. The van der Waals surface area contributed by atoms with E-state index < -0.39 is 9.84 Å². The zero-order chi connectivity index (χ0) is 13.6. The van der Waals surface area contributed by atoms with Crippen molar-refractivity contribution in [3.63, 3.8) is 0 Å². The predicted octanol–water partition coefficient (Wildman–Crippen LogP) is 0.607. The lowest BCUT2D eigenvalue weighted by Crippen LogP contribution is -2.21. The Bertz CT molecular complexity index is 493. The highest BCUT2D eigenvalue weighted by Crippen LogP contribution is 2.05. The number of sulfone groups is 1. The minimum atomic E-state index is -2.92. The predicted molar refractivity (Wildman–Crippen MR) is 69.2 cm³/mol. The van der Waals surface area contributed by atoms with E-state index in [1.54, 1.807) is 24.3 Å². The molecule has 0 aliphatic rings. The van der Waals surface area contributed by atoms with Gasteiger partial charge in [-0.25, -0.2) is 13.2 Å². The van der Waals surface area contributed by atoms with Crippen LogP contribution in [0.2, 0.25) is 0 Å². The molecule has 0 aromatic heterocycles. The Balaban J connectivity index is 2.42. The highest BCUT2D eigenvalue weighted by atomic mass is 32.2. The van der Waals surface area contributed by atoms with Crippen LogP contribution in [0.3, 0.4) is 0 Å². The second-order valence-electron chi connectivity index (χ2n) is 4.00. The van der Waals surface area contributed by atoms with Crippen molar-refractivity contribution in [2.24, 2.45) is 0 Å². The largest absolute Gasteiger partial charge is 0.465 e. The molecule has 0 heterocycles. The standard InChI is InChI=1S/C12H17NO4S/c1-17-12(14)11-5-3-10(4-6-11)9-13-7-8-18(2,15)16/h3-6,13H,7-9H2,1-2H3. The highest BCUT2D eigenvalue weighted by molar-refractivity contribution is 7.90. The molecule has 0 saturated carbocycles. The van der Waals surface area contributed by atoms with Crippen LogP contribution in [0.4, 0.5) is 0 Å². The maximum Gasteiger partial charge on any atom is 0.337 e. The average Bonchev–Trinajstić information content (AvgIpc) is 2.33. The van der Waals surface area contributed by atoms with Crippen molar-refractivity contribution in [3.8, 4) is 0 Å². The van der Waals surface area contributed by atoms with Gasteiger partial charge in [0.2, 0.25) is 0 Å². The Morgan fingerprint density at radius 2 is 1.89 bits per heavy atom. The zero-order valence-corrected chi connectivity index (χ0v) is 11.3. The van der Waals surface area contributed by atoms with Crippen molar-refractivity contribution in [3.05, 3.63) is 35.4 Å². The molecule has 5 nitrogen and oxygen atoms in total. The Morgan fingerprint density at radius 3 is 2.39 bits per heavy atom. The molecule has 100 valence electrons. The molecule has 0 fully saturated rings. The van der Waals surface area contributed by atoms with Crippen molar-refractivity contribution >= 4 is 15.8 Å². The maximum atomic E-state index is 11.2. The summed E-state index contributed by atoms with van der Waals surface area (Å²) in [6.07, 6.45) is 1.21. The summed E-state index contributed by atoms with van der Waals surface area (Å²) in [6.45, 7) is 0.981. The lowest BCUT2D eigenvalue weighted by molar-refractivity contribution is 0.0600. The van der Waals surface area contributed by atoms with Gasteiger partial charge in [0.05, 0.1) is 18.4 Å². The van der Waals surface area contributed by atoms with Gasteiger partial charge in [0.1, 0.15) is 9.84 Å². The van der Waals surface area contributed by atoms with Gasteiger partial charge in [-0.3, -0.25) is 0 Å². The van der Waals surface area contributed by atoms with Crippen molar-refractivity contribution in [2.45, 2.75) is 6.54 Å². The minimum absolute atomic E-state index is 0.118. The fraction of sp³-hybridized carbons (Fsp3) is 0.417. The van der Waals surface area contributed by atoms with Crippen LogP contribution >= 0.6 is 0 Å². The van der Waals surface area contributed by atoms with E-state index in [1.807, 2.05) is 0 Å². The maximum absolute atomic E-state index is 11.2. The number of carbonyl (C=O) groups excluding carboxylic acids is 1. The topological polar surface area (TPSA) is 72.5 Å². The summed E-state index contributed by atoms with van der Waals surface area (Å²) in [4.78, 5) is 11.2. The molecule has 0 aliphatic heterocycles. The third kappa shape index (κ3) is 5.29. The number of rotatable bonds is 6. The summed E-state index contributed by atoms with van der Waals surface area (Å²) in [5.41, 5.74) is 1.48. The molecule has 0 amide bonds. The quantitative estimate of drug-likeness (QED) is 0.606. The minimum Gasteiger partial charge on any atom is -0.465 e. The van der Waals surface area contributed by atoms with Crippen LogP contribution in [-0.4, -0.2) is 40.1 Å².